The van der Waals surface area contributed by atoms with Crippen molar-refractivity contribution in [3.63, 3.8) is 0 Å². The molecule has 1 aromatic carbocycles. The van der Waals surface area contributed by atoms with Crippen LogP contribution in [0.3, 0.4) is 0 Å². The van der Waals surface area contributed by atoms with Gasteiger partial charge in [0.15, 0.2) is 0 Å². The Balaban J connectivity index is 2.73. The lowest BCUT2D eigenvalue weighted by atomic mass is 10.0. The normalized spacial score (nSPS) is 10.4. The highest BCUT2D eigenvalue weighted by Gasteiger charge is 2.12. The average molecular weight is 253 g/mol. The fourth-order valence-electron chi connectivity index (χ4n) is 2.22. The van der Waals surface area contributed by atoms with Gasteiger partial charge in [-0.1, -0.05) is 30.9 Å². The molecule has 0 amide bonds. The van der Waals surface area contributed by atoms with E-state index in [1.165, 1.54) is 5.56 Å². The summed E-state index contributed by atoms with van der Waals surface area (Å²) < 4.78 is 5.88. The topological polar surface area (TPSA) is 22.1 Å². The molecule has 0 aliphatic carbocycles. The molecular weight excluding hydrogens is 234 g/mol. The maximum absolute atomic E-state index is 5.88. The van der Waals surface area contributed by atoms with E-state index in [1.54, 1.807) is 6.08 Å². The number of pyridine rings is 1. The quantitative estimate of drug-likeness (QED) is 0.747. The van der Waals surface area contributed by atoms with E-state index >= 15 is 0 Å². The average Bonchev–Trinajstić information content (AvgIpc) is 2.41. The van der Waals surface area contributed by atoms with Crippen LogP contribution < -0.4 is 4.74 Å². The number of benzene rings is 1. The van der Waals surface area contributed by atoms with Crippen molar-refractivity contribution in [3.05, 3.63) is 60.3 Å². The maximum Gasteiger partial charge on any atom is 0.134 e. The third-order valence-corrected chi connectivity index (χ3v) is 3.17. The molecule has 0 saturated heterocycles. The van der Waals surface area contributed by atoms with E-state index in [0.29, 0.717) is 6.61 Å². The second-order valence-electron chi connectivity index (χ2n) is 4.63. The third-order valence-electron chi connectivity index (χ3n) is 3.17. The molecule has 98 valence electrons. The van der Waals surface area contributed by atoms with E-state index in [4.69, 9.17) is 4.74 Å². The lowest BCUT2D eigenvalue weighted by Crippen LogP contribution is -2.01. The van der Waals surface area contributed by atoms with Crippen LogP contribution >= 0.6 is 0 Å². The fraction of sp³-hybridized carbons (Fsp3) is 0.235. The van der Waals surface area contributed by atoms with Crippen molar-refractivity contribution in [2.75, 3.05) is 6.61 Å². The van der Waals surface area contributed by atoms with Crippen LogP contribution in [0.4, 0.5) is 0 Å². The number of hydrogen-bond donors (Lipinski definition) is 0. The molecule has 1 heterocycles. The summed E-state index contributed by atoms with van der Waals surface area (Å²) in [4.78, 5) is 4.58. The van der Waals surface area contributed by atoms with Gasteiger partial charge >= 0.3 is 0 Å². The highest BCUT2D eigenvalue weighted by Crippen LogP contribution is 2.33. The molecule has 1 aromatic heterocycles. The lowest BCUT2D eigenvalue weighted by Gasteiger charge is -2.15. The van der Waals surface area contributed by atoms with Crippen LogP contribution in [0.5, 0.6) is 5.75 Å². The predicted octanol–water partition coefficient (Wildman–Crippen LogP) is 4.14. The summed E-state index contributed by atoms with van der Waals surface area (Å²) in [5, 5.41) is 1.10. The zero-order valence-electron chi connectivity index (χ0n) is 11.6. The van der Waals surface area contributed by atoms with Crippen molar-refractivity contribution < 1.29 is 4.74 Å². The Morgan fingerprint density at radius 2 is 1.89 bits per heavy atom. The maximum atomic E-state index is 5.88. The van der Waals surface area contributed by atoms with E-state index in [0.717, 1.165) is 34.2 Å². The number of hydrogen-bond acceptors (Lipinski definition) is 2. The van der Waals surface area contributed by atoms with Gasteiger partial charge in [0.2, 0.25) is 0 Å². The van der Waals surface area contributed by atoms with Gasteiger partial charge in [0, 0.05) is 17.1 Å². The van der Waals surface area contributed by atoms with Crippen LogP contribution in [0, 0.1) is 13.8 Å². The Morgan fingerprint density at radius 1 is 1.16 bits per heavy atom. The summed E-state index contributed by atoms with van der Waals surface area (Å²) in [6, 6.07) is 4.20. The first kappa shape index (κ1) is 13.3. The molecule has 0 spiro atoms. The Labute approximate surface area is 114 Å². The molecule has 0 aliphatic rings. The molecule has 0 N–H and O–H groups in total. The van der Waals surface area contributed by atoms with Crippen LogP contribution in [0.15, 0.2) is 43.6 Å². The number of rotatable bonds is 5. The van der Waals surface area contributed by atoms with Gasteiger partial charge in [0.05, 0.1) is 5.52 Å². The molecule has 2 aromatic rings. The van der Waals surface area contributed by atoms with Gasteiger partial charge in [0.1, 0.15) is 12.4 Å². The monoisotopic (exact) mass is 253 g/mol. The van der Waals surface area contributed by atoms with E-state index in [2.05, 4.69) is 44.1 Å². The number of aromatic nitrogens is 1. The third kappa shape index (κ3) is 2.53. The second kappa shape index (κ2) is 5.70. The molecule has 0 fully saturated rings. The lowest BCUT2D eigenvalue weighted by molar-refractivity contribution is 0.364. The van der Waals surface area contributed by atoms with E-state index in [-0.39, 0.29) is 0 Å². The first-order chi connectivity index (χ1) is 9.19. The standard InChI is InChI=1S/C17H19NO/c1-5-7-14-11-18-16-13(4)9-8-12(3)15(16)17(14)19-10-6-2/h5-6,8-9,11H,1-2,7,10H2,3-4H3. The van der Waals surface area contributed by atoms with Crippen molar-refractivity contribution in [3.8, 4) is 5.75 Å². The Kier molecular flexibility index (Phi) is 4.00. The van der Waals surface area contributed by atoms with Gasteiger partial charge < -0.3 is 4.74 Å². The molecule has 19 heavy (non-hydrogen) atoms. The first-order valence-electron chi connectivity index (χ1n) is 6.41. The second-order valence-corrected chi connectivity index (χ2v) is 4.63. The van der Waals surface area contributed by atoms with Gasteiger partial charge in [-0.25, -0.2) is 0 Å². The molecule has 0 aliphatic heterocycles. The number of ether oxygens (including phenoxy) is 1. The summed E-state index contributed by atoms with van der Waals surface area (Å²) in [6.07, 6.45) is 6.27. The van der Waals surface area contributed by atoms with Crippen LogP contribution in [-0.4, -0.2) is 11.6 Å². The smallest absolute Gasteiger partial charge is 0.134 e. The largest absolute Gasteiger partial charge is 0.488 e. The van der Waals surface area contributed by atoms with Gasteiger partial charge in [-0.2, -0.15) is 0 Å². The van der Waals surface area contributed by atoms with Crippen LogP contribution in [0.1, 0.15) is 16.7 Å². The number of fused-ring (bicyclic) bond motifs is 1. The fourth-order valence-corrected chi connectivity index (χ4v) is 2.22. The van der Waals surface area contributed by atoms with Gasteiger partial charge in [0.25, 0.3) is 0 Å². The first-order valence-corrected chi connectivity index (χ1v) is 6.41. The number of nitrogens with zero attached hydrogens (tertiary/aromatic N) is 1. The van der Waals surface area contributed by atoms with Crippen LogP contribution in [0.25, 0.3) is 10.9 Å². The summed E-state index contributed by atoms with van der Waals surface area (Å²) >= 11 is 0. The predicted molar refractivity (Wildman–Crippen MR) is 80.8 cm³/mol. The van der Waals surface area contributed by atoms with E-state index in [9.17, 15) is 0 Å². The van der Waals surface area contributed by atoms with Crippen molar-refractivity contribution in [1.29, 1.82) is 0 Å². The number of allylic oxidation sites excluding steroid dienone is 1. The molecular formula is C17H19NO. The summed E-state index contributed by atoms with van der Waals surface area (Å²) in [7, 11) is 0. The molecule has 0 bridgehead atoms. The summed E-state index contributed by atoms with van der Waals surface area (Å²) in [5.74, 6) is 0.908. The summed E-state index contributed by atoms with van der Waals surface area (Å²) in [6.45, 7) is 12.2. The molecule has 0 unspecified atom stereocenters. The van der Waals surface area contributed by atoms with Gasteiger partial charge in [-0.15, -0.1) is 6.58 Å². The summed E-state index contributed by atoms with van der Waals surface area (Å²) in [5.41, 5.74) is 4.41. The van der Waals surface area contributed by atoms with E-state index in [1.807, 2.05) is 12.3 Å². The molecule has 0 atom stereocenters. The Morgan fingerprint density at radius 3 is 2.58 bits per heavy atom. The highest BCUT2D eigenvalue weighted by atomic mass is 16.5. The van der Waals surface area contributed by atoms with Crippen molar-refractivity contribution in [2.45, 2.75) is 20.3 Å². The van der Waals surface area contributed by atoms with Crippen molar-refractivity contribution in [2.24, 2.45) is 0 Å². The molecule has 0 radical (unpaired) electrons. The van der Waals surface area contributed by atoms with E-state index < -0.39 is 0 Å². The minimum atomic E-state index is 0.497. The Bertz CT molecular complexity index is 629. The highest BCUT2D eigenvalue weighted by molar-refractivity contribution is 5.91. The van der Waals surface area contributed by atoms with Crippen LogP contribution in [0.2, 0.25) is 0 Å². The van der Waals surface area contributed by atoms with Crippen LogP contribution in [-0.2, 0) is 6.42 Å². The minimum absolute atomic E-state index is 0.497. The number of aryl methyl sites for hydroxylation is 2. The Hall–Kier alpha value is -2.09. The zero-order valence-corrected chi connectivity index (χ0v) is 11.6. The minimum Gasteiger partial charge on any atom is -0.488 e. The molecule has 2 heteroatoms. The van der Waals surface area contributed by atoms with Gasteiger partial charge in [-0.05, 0) is 31.4 Å². The van der Waals surface area contributed by atoms with Crippen molar-refractivity contribution in [1.82, 2.24) is 4.98 Å². The molecule has 2 rings (SSSR count). The van der Waals surface area contributed by atoms with Gasteiger partial charge in [-0.3, -0.25) is 4.98 Å². The van der Waals surface area contributed by atoms with Crippen molar-refractivity contribution >= 4 is 10.9 Å². The zero-order chi connectivity index (χ0) is 13.8. The molecule has 2 nitrogen and oxygen atoms in total. The molecule has 0 saturated carbocycles. The SMILES string of the molecule is C=CCOc1c(CC=C)cnc2c(C)ccc(C)c12.